The molecule has 1 unspecified atom stereocenters. The van der Waals surface area contributed by atoms with Crippen LogP contribution < -0.4 is 10.6 Å². The maximum absolute atomic E-state index is 12.7. The molecule has 0 aliphatic carbocycles. The molecule has 0 radical (unpaired) electrons. The van der Waals surface area contributed by atoms with Crippen LogP contribution in [0.15, 0.2) is 16.3 Å². The largest absolute Gasteiger partial charge is 0.368 e. The Bertz CT molecular complexity index is 911. The van der Waals surface area contributed by atoms with Gasteiger partial charge in [-0.25, -0.2) is 8.42 Å². The first-order valence-electron chi connectivity index (χ1n) is 8.37. The molecule has 1 atom stereocenters. The van der Waals surface area contributed by atoms with E-state index in [-0.39, 0.29) is 16.2 Å². The van der Waals surface area contributed by atoms with Gasteiger partial charge in [0.15, 0.2) is 5.82 Å². The number of sulfonamides is 1. The van der Waals surface area contributed by atoms with Crippen LogP contribution in [0.5, 0.6) is 0 Å². The van der Waals surface area contributed by atoms with E-state index in [1.54, 1.807) is 17.0 Å². The average Bonchev–Trinajstić information content (AvgIpc) is 3.08. The second-order valence-corrected chi connectivity index (χ2v) is 10.3. The third-order valence-corrected chi connectivity index (χ3v) is 7.99. The van der Waals surface area contributed by atoms with Crippen molar-refractivity contribution in [2.45, 2.75) is 17.2 Å². The van der Waals surface area contributed by atoms with Gasteiger partial charge in [-0.1, -0.05) is 11.6 Å². The summed E-state index contributed by atoms with van der Waals surface area (Å²) in [5, 5.41) is 0. The second kappa shape index (κ2) is 7.84. The highest BCUT2D eigenvalue weighted by Crippen LogP contribution is 2.29. The standard InChI is InChI=1S/C15H22ClN7O2S2/c1-10(13-18-14(17)20-15(19-13)21(2)3)22-6-8-23(9-7-22)27(24,25)12-5-4-11(16)26-12/h4-5,10H,6-9H2,1-3H3,(H2,17,18,19,20). The number of piperazine rings is 1. The number of hydrogen-bond donors (Lipinski definition) is 1. The van der Waals surface area contributed by atoms with Crippen LogP contribution in [0, 0.1) is 0 Å². The van der Waals surface area contributed by atoms with Crippen LogP contribution in [0.2, 0.25) is 4.34 Å². The topological polar surface area (TPSA) is 109 Å². The molecular weight excluding hydrogens is 410 g/mol. The van der Waals surface area contributed by atoms with Crippen molar-refractivity contribution >= 4 is 44.9 Å². The number of nitrogen functional groups attached to an aromatic ring is 1. The Morgan fingerprint density at radius 2 is 1.85 bits per heavy atom. The molecule has 3 heterocycles. The number of nitrogens with zero attached hydrogens (tertiary/aromatic N) is 6. The fourth-order valence-corrected chi connectivity index (χ4v) is 5.90. The Labute approximate surface area is 167 Å². The summed E-state index contributed by atoms with van der Waals surface area (Å²) in [4.78, 5) is 16.7. The summed E-state index contributed by atoms with van der Waals surface area (Å²) in [6.07, 6.45) is 0. The quantitative estimate of drug-likeness (QED) is 0.754. The van der Waals surface area contributed by atoms with Gasteiger partial charge in [0.2, 0.25) is 11.9 Å². The minimum atomic E-state index is -3.51. The first-order chi connectivity index (χ1) is 12.7. The summed E-state index contributed by atoms with van der Waals surface area (Å²) in [6.45, 7) is 3.91. The van der Waals surface area contributed by atoms with E-state index in [1.165, 1.54) is 4.31 Å². The van der Waals surface area contributed by atoms with Crippen LogP contribution >= 0.6 is 22.9 Å². The lowest BCUT2D eigenvalue weighted by Crippen LogP contribution is -2.49. The summed E-state index contributed by atoms with van der Waals surface area (Å²) < 4.78 is 27.7. The minimum absolute atomic E-state index is 0.102. The summed E-state index contributed by atoms with van der Waals surface area (Å²) in [7, 11) is 0.167. The van der Waals surface area contributed by atoms with Crippen molar-refractivity contribution in [3.8, 4) is 0 Å². The highest BCUT2D eigenvalue weighted by atomic mass is 35.5. The fraction of sp³-hybridized carbons (Fsp3) is 0.533. The van der Waals surface area contributed by atoms with Gasteiger partial charge >= 0.3 is 0 Å². The number of nitrogens with two attached hydrogens (primary N) is 1. The normalized spacial score (nSPS) is 17.8. The number of halogens is 1. The van der Waals surface area contributed by atoms with E-state index in [1.807, 2.05) is 21.0 Å². The molecule has 2 aromatic rings. The van der Waals surface area contributed by atoms with E-state index in [2.05, 4.69) is 19.9 Å². The molecule has 27 heavy (non-hydrogen) atoms. The number of aromatic nitrogens is 3. The number of rotatable bonds is 5. The zero-order chi connectivity index (χ0) is 19.8. The first-order valence-corrected chi connectivity index (χ1v) is 11.0. The molecule has 0 spiro atoms. The van der Waals surface area contributed by atoms with Gasteiger partial charge in [0.25, 0.3) is 10.0 Å². The highest BCUT2D eigenvalue weighted by molar-refractivity contribution is 7.91. The number of hydrogen-bond acceptors (Lipinski definition) is 9. The lowest BCUT2D eigenvalue weighted by molar-refractivity contribution is 0.141. The summed E-state index contributed by atoms with van der Waals surface area (Å²) in [5.74, 6) is 1.25. The zero-order valence-corrected chi connectivity index (χ0v) is 17.7. The van der Waals surface area contributed by atoms with Gasteiger partial charge in [-0.3, -0.25) is 4.90 Å². The van der Waals surface area contributed by atoms with E-state index < -0.39 is 10.0 Å². The van der Waals surface area contributed by atoms with Crippen LogP contribution in [-0.4, -0.2) is 72.8 Å². The molecule has 0 bridgehead atoms. The van der Waals surface area contributed by atoms with E-state index >= 15 is 0 Å². The maximum atomic E-state index is 12.7. The molecule has 1 aliphatic rings. The monoisotopic (exact) mass is 431 g/mol. The van der Waals surface area contributed by atoms with E-state index in [4.69, 9.17) is 17.3 Å². The summed E-state index contributed by atoms with van der Waals surface area (Å²) >= 11 is 6.96. The molecule has 3 rings (SSSR count). The van der Waals surface area contributed by atoms with Gasteiger partial charge in [0.1, 0.15) is 4.21 Å². The number of anilines is 2. The summed E-state index contributed by atoms with van der Waals surface area (Å²) in [6, 6.07) is 3.05. The fourth-order valence-electron chi connectivity index (χ4n) is 2.84. The first kappa shape index (κ1) is 20.2. The lowest BCUT2D eigenvalue weighted by Gasteiger charge is -2.36. The zero-order valence-electron chi connectivity index (χ0n) is 15.3. The van der Waals surface area contributed by atoms with Crippen LogP contribution in [0.3, 0.4) is 0 Å². The van der Waals surface area contributed by atoms with Crippen molar-refractivity contribution in [2.75, 3.05) is 50.9 Å². The van der Waals surface area contributed by atoms with Crippen molar-refractivity contribution in [2.24, 2.45) is 0 Å². The molecule has 12 heteroatoms. The third kappa shape index (κ3) is 4.32. The molecule has 2 aromatic heterocycles. The Kier molecular flexibility index (Phi) is 5.87. The van der Waals surface area contributed by atoms with E-state index in [0.29, 0.717) is 42.3 Å². The minimum Gasteiger partial charge on any atom is -0.368 e. The highest BCUT2D eigenvalue weighted by Gasteiger charge is 2.32. The molecule has 1 fully saturated rings. The second-order valence-electron chi connectivity index (χ2n) is 6.42. The van der Waals surface area contributed by atoms with Crippen LogP contribution in [0.25, 0.3) is 0 Å². The van der Waals surface area contributed by atoms with Gasteiger partial charge in [0.05, 0.1) is 10.4 Å². The molecule has 9 nitrogen and oxygen atoms in total. The SMILES string of the molecule is CC(c1nc(N)nc(N(C)C)n1)N1CCN(S(=O)(=O)c2ccc(Cl)s2)CC1. The Hall–Kier alpha value is -1.53. The smallest absolute Gasteiger partial charge is 0.252 e. The van der Waals surface area contributed by atoms with Gasteiger partial charge in [-0.2, -0.15) is 19.3 Å². The van der Waals surface area contributed by atoms with Gasteiger partial charge < -0.3 is 10.6 Å². The molecular formula is C15H22ClN7O2S2. The van der Waals surface area contributed by atoms with Crippen LogP contribution in [0.4, 0.5) is 11.9 Å². The molecule has 1 saturated heterocycles. The van der Waals surface area contributed by atoms with E-state index in [0.717, 1.165) is 11.3 Å². The molecule has 1 aliphatic heterocycles. The average molecular weight is 432 g/mol. The van der Waals surface area contributed by atoms with Crippen molar-refractivity contribution in [3.05, 3.63) is 22.3 Å². The van der Waals surface area contributed by atoms with Crippen molar-refractivity contribution in [3.63, 3.8) is 0 Å². The predicted molar refractivity (Wildman–Crippen MR) is 107 cm³/mol. The molecule has 0 saturated carbocycles. The third-order valence-electron chi connectivity index (χ3n) is 4.40. The Morgan fingerprint density at radius 1 is 1.19 bits per heavy atom. The molecule has 148 valence electrons. The van der Waals surface area contributed by atoms with Crippen LogP contribution in [0.1, 0.15) is 18.8 Å². The molecule has 2 N–H and O–H groups in total. The summed E-state index contributed by atoms with van der Waals surface area (Å²) in [5.41, 5.74) is 5.81. The Morgan fingerprint density at radius 3 is 2.41 bits per heavy atom. The van der Waals surface area contributed by atoms with Gasteiger partial charge in [-0.15, -0.1) is 11.3 Å². The maximum Gasteiger partial charge on any atom is 0.252 e. The van der Waals surface area contributed by atoms with Crippen LogP contribution in [-0.2, 0) is 10.0 Å². The molecule has 0 aromatic carbocycles. The van der Waals surface area contributed by atoms with Gasteiger partial charge in [0, 0.05) is 40.3 Å². The molecule has 0 amide bonds. The number of thiophene rings is 1. The van der Waals surface area contributed by atoms with Crippen molar-refractivity contribution in [1.29, 1.82) is 0 Å². The van der Waals surface area contributed by atoms with Crippen molar-refractivity contribution < 1.29 is 8.42 Å². The Balaban J connectivity index is 1.70. The van der Waals surface area contributed by atoms with E-state index in [9.17, 15) is 8.42 Å². The van der Waals surface area contributed by atoms with Gasteiger partial charge in [-0.05, 0) is 19.1 Å². The lowest BCUT2D eigenvalue weighted by atomic mass is 10.2. The van der Waals surface area contributed by atoms with Crippen molar-refractivity contribution in [1.82, 2.24) is 24.2 Å². The predicted octanol–water partition coefficient (Wildman–Crippen LogP) is 1.30.